The Hall–Kier alpha value is -2.17. The summed E-state index contributed by atoms with van der Waals surface area (Å²) in [6, 6.07) is 9.16. The van der Waals surface area contributed by atoms with Crippen molar-refractivity contribution in [2.75, 3.05) is 5.84 Å². The van der Waals surface area contributed by atoms with Crippen molar-refractivity contribution < 1.29 is 0 Å². The standard InChI is InChI=1S/C11H12N4O/c1-2-9-13-14-10(11(16)15(9)12)8-6-4-3-5-7-8/h3-7H,2,12H2,1H3. The summed E-state index contributed by atoms with van der Waals surface area (Å²) in [5.74, 6) is 6.11. The van der Waals surface area contributed by atoms with Gasteiger partial charge in [-0.1, -0.05) is 37.3 Å². The molecule has 0 aliphatic rings. The van der Waals surface area contributed by atoms with Gasteiger partial charge in [0.05, 0.1) is 0 Å². The summed E-state index contributed by atoms with van der Waals surface area (Å²) in [6.07, 6.45) is 0.577. The first-order valence-electron chi connectivity index (χ1n) is 5.03. The Kier molecular flexibility index (Phi) is 2.68. The van der Waals surface area contributed by atoms with Crippen LogP contribution in [0.1, 0.15) is 12.7 Å². The van der Waals surface area contributed by atoms with Crippen LogP contribution in [-0.2, 0) is 6.42 Å². The molecule has 1 aromatic carbocycles. The van der Waals surface area contributed by atoms with Crippen molar-refractivity contribution in [1.82, 2.24) is 14.9 Å². The fourth-order valence-corrected chi connectivity index (χ4v) is 1.45. The van der Waals surface area contributed by atoms with Crippen LogP contribution >= 0.6 is 0 Å². The number of aryl methyl sites for hydroxylation is 1. The molecular formula is C11H12N4O. The lowest BCUT2D eigenvalue weighted by atomic mass is 10.2. The van der Waals surface area contributed by atoms with E-state index in [0.29, 0.717) is 12.2 Å². The molecule has 0 saturated heterocycles. The molecule has 0 aliphatic carbocycles. The first-order chi connectivity index (χ1) is 7.74. The molecule has 5 nitrogen and oxygen atoms in total. The highest BCUT2D eigenvalue weighted by molar-refractivity contribution is 5.57. The van der Waals surface area contributed by atoms with Crippen molar-refractivity contribution in [3.8, 4) is 11.3 Å². The SMILES string of the molecule is CCc1nnc(-c2ccccc2)c(=O)n1N. The van der Waals surface area contributed by atoms with Crippen LogP contribution < -0.4 is 11.4 Å². The third-order valence-corrected chi connectivity index (χ3v) is 2.33. The molecule has 0 fully saturated rings. The zero-order valence-corrected chi connectivity index (χ0v) is 8.92. The molecular weight excluding hydrogens is 204 g/mol. The first kappa shape index (κ1) is 10.4. The summed E-state index contributed by atoms with van der Waals surface area (Å²) in [5, 5.41) is 7.84. The van der Waals surface area contributed by atoms with Gasteiger partial charge in [-0.25, -0.2) is 4.68 Å². The van der Waals surface area contributed by atoms with E-state index in [9.17, 15) is 4.79 Å². The lowest BCUT2D eigenvalue weighted by Gasteiger charge is -2.05. The predicted octanol–water partition coefficient (Wildman–Crippen LogP) is 0.582. The number of nitrogens with two attached hydrogens (primary N) is 1. The van der Waals surface area contributed by atoms with E-state index in [1.54, 1.807) is 12.1 Å². The molecule has 2 N–H and O–H groups in total. The van der Waals surface area contributed by atoms with Crippen LogP contribution in [0.5, 0.6) is 0 Å². The van der Waals surface area contributed by atoms with Crippen LogP contribution in [0.2, 0.25) is 0 Å². The molecule has 1 aromatic heterocycles. The van der Waals surface area contributed by atoms with E-state index < -0.39 is 0 Å². The van der Waals surface area contributed by atoms with Crippen molar-refractivity contribution in [3.63, 3.8) is 0 Å². The maximum atomic E-state index is 11.9. The molecule has 0 atom stereocenters. The van der Waals surface area contributed by atoms with E-state index in [0.717, 1.165) is 10.2 Å². The zero-order chi connectivity index (χ0) is 11.5. The molecule has 0 amide bonds. The third kappa shape index (κ3) is 1.67. The van der Waals surface area contributed by atoms with Gasteiger partial charge in [0.25, 0.3) is 5.56 Å². The van der Waals surface area contributed by atoms with E-state index in [-0.39, 0.29) is 11.3 Å². The van der Waals surface area contributed by atoms with Crippen molar-refractivity contribution in [2.24, 2.45) is 0 Å². The van der Waals surface area contributed by atoms with Crippen molar-refractivity contribution >= 4 is 0 Å². The Morgan fingerprint density at radius 3 is 2.56 bits per heavy atom. The molecule has 0 spiro atoms. The Morgan fingerprint density at radius 1 is 1.25 bits per heavy atom. The normalized spacial score (nSPS) is 10.3. The number of nitrogen functional groups attached to an aromatic ring is 1. The van der Waals surface area contributed by atoms with Crippen LogP contribution in [0.15, 0.2) is 35.1 Å². The highest BCUT2D eigenvalue weighted by Crippen LogP contribution is 2.10. The molecule has 0 saturated carbocycles. The second-order valence-corrected chi connectivity index (χ2v) is 3.36. The van der Waals surface area contributed by atoms with E-state index in [1.807, 2.05) is 25.1 Å². The minimum Gasteiger partial charge on any atom is -0.335 e. The molecule has 82 valence electrons. The fourth-order valence-electron chi connectivity index (χ4n) is 1.45. The molecule has 5 heteroatoms. The quantitative estimate of drug-likeness (QED) is 0.745. The molecule has 0 aliphatic heterocycles. The molecule has 0 bridgehead atoms. The van der Waals surface area contributed by atoms with E-state index in [1.165, 1.54) is 0 Å². The van der Waals surface area contributed by atoms with E-state index in [4.69, 9.17) is 5.84 Å². The number of hydrogen-bond acceptors (Lipinski definition) is 4. The van der Waals surface area contributed by atoms with Crippen LogP contribution in [-0.4, -0.2) is 14.9 Å². The van der Waals surface area contributed by atoms with Gasteiger partial charge in [-0.15, -0.1) is 10.2 Å². The Morgan fingerprint density at radius 2 is 1.94 bits per heavy atom. The molecule has 16 heavy (non-hydrogen) atoms. The summed E-state index contributed by atoms with van der Waals surface area (Å²) in [7, 11) is 0. The molecule has 1 heterocycles. The molecule has 2 rings (SSSR count). The second kappa shape index (κ2) is 4.14. The van der Waals surface area contributed by atoms with Gasteiger partial charge in [0.2, 0.25) is 0 Å². The highest BCUT2D eigenvalue weighted by Gasteiger charge is 2.09. The first-order valence-corrected chi connectivity index (χ1v) is 5.03. The largest absolute Gasteiger partial charge is 0.335 e. The minimum atomic E-state index is -0.321. The molecule has 2 aromatic rings. The minimum absolute atomic E-state index is 0.278. The van der Waals surface area contributed by atoms with Gasteiger partial charge in [-0.3, -0.25) is 4.79 Å². The van der Waals surface area contributed by atoms with Crippen LogP contribution in [0.4, 0.5) is 0 Å². The number of aromatic nitrogens is 3. The van der Waals surface area contributed by atoms with Crippen molar-refractivity contribution in [1.29, 1.82) is 0 Å². The maximum Gasteiger partial charge on any atom is 0.298 e. The van der Waals surface area contributed by atoms with Crippen LogP contribution in [0.25, 0.3) is 11.3 Å². The van der Waals surface area contributed by atoms with E-state index >= 15 is 0 Å². The summed E-state index contributed by atoms with van der Waals surface area (Å²) < 4.78 is 1.05. The van der Waals surface area contributed by atoms with Crippen molar-refractivity contribution in [3.05, 3.63) is 46.5 Å². The number of benzene rings is 1. The molecule has 0 radical (unpaired) electrons. The summed E-state index contributed by atoms with van der Waals surface area (Å²) in [4.78, 5) is 11.9. The summed E-state index contributed by atoms with van der Waals surface area (Å²) in [6.45, 7) is 1.87. The number of nitrogens with zero attached hydrogens (tertiary/aromatic N) is 3. The topological polar surface area (TPSA) is 73.8 Å². The zero-order valence-electron chi connectivity index (χ0n) is 8.92. The van der Waals surface area contributed by atoms with Gasteiger partial charge < -0.3 is 5.84 Å². The second-order valence-electron chi connectivity index (χ2n) is 3.36. The summed E-state index contributed by atoms with van der Waals surface area (Å²) >= 11 is 0. The lowest BCUT2D eigenvalue weighted by molar-refractivity contribution is 0.734. The van der Waals surface area contributed by atoms with Gasteiger partial charge in [0.1, 0.15) is 0 Å². The average molecular weight is 216 g/mol. The Labute approximate surface area is 92.5 Å². The van der Waals surface area contributed by atoms with Crippen LogP contribution in [0, 0.1) is 0 Å². The fraction of sp³-hybridized carbons (Fsp3) is 0.182. The Balaban J connectivity index is 2.61. The lowest BCUT2D eigenvalue weighted by Crippen LogP contribution is -2.33. The molecule has 0 unspecified atom stereocenters. The third-order valence-electron chi connectivity index (χ3n) is 2.33. The van der Waals surface area contributed by atoms with E-state index in [2.05, 4.69) is 10.2 Å². The Bertz CT molecular complexity index is 548. The monoisotopic (exact) mass is 216 g/mol. The van der Waals surface area contributed by atoms with Gasteiger partial charge in [-0.05, 0) is 0 Å². The van der Waals surface area contributed by atoms with Gasteiger partial charge in [0.15, 0.2) is 11.5 Å². The predicted molar refractivity (Wildman–Crippen MR) is 61.3 cm³/mol. The van der Waals surface area contributed by atoms with Crippen molar-refractivity contribution in [2.45, 2.75) is 13.3 Å². The smallest absolute Gasteiger partial charge is 0.298 e. The van der Waals surface area contributed by atoms with Crippen LogP contribution in [0.3, 0.4) is 0 Å². The maximum absolute atomic E-state index is 11.9. The van der Waals surface area contributed by atoms with Gasteiger partial charge >= 0.3 is 0 Å². The summed E-state index contributed by atoms with van der Waals surface area (Å²) in [5.41, 5.74) is 0.681. The van der Waals surface area contributed by atoms with Gasteiger partial charge in [0, 0.05) is 12.0 Å². The number of hydrogen-bond donors (Lipinski definition) is 1. The average Bonchev–Trinajstić information content (AvgIpc) is 2.34. The highest BCUT2D eigenvalue weighted by atomic mass is 16.1. The van der Waals surface area contributed by atoms with Gasteiger partial charge in [-0.2, -0.15) is 0 Å². The number of rotatable bonds is 2.